The summed E-state index contributed by atoms with van der Waals surface area (Å²) < 4.78 is 5.73. The fourth-order valence-electron chi connectivity index (χ4n) is 2.90. The number of amides is 1. The first-order valence-corrected chi connectivity index (χ1v) is 8.46. The third-order valence-corrected chi connectivity index (χ3v) is 4.17. The van der Waals surface area contributed by atoms with Gasteiger partial charge in [-0.2, -0.15) is 0 Å². The smallest absolute Gasteiger partial charge is 0.258 e. The molecule has 3 heteroatoms. The van der Waals surface area contributed by atoms with Gasteiger partial charge in [-0.25, -0.2) is 0 Å². The highest BCUT2D eigenvalue weighted by Gasteiger charge is 2.13. The largest absolute Gasteiger partial charge is 0.483 e. The second kappa shape index (κ2) is 8.00. The van der Waals surface area contributed by atoms with Crippen LogP contribution in [0.25, 0.3) is 0 Å². The van der Waals surface area contributed by atoms with Gasteiger partial charge >= 0.3 is 0 Å². The van der Waals surface area contributed by atoms with E-state index in [1.807, 2.05) is 31.2 Å². The van der Waals surface area contributed by atoms with Crippen LogP contribution in [-0.2, 0) is 4.79 Å². The number of benzene rings is 2. The summed E-state index contributed by atoms with van der Waals surface area (Å²) in [6.07, 6.45) is 0. The number of carbonyl (C=O) groups is 1. The van der Waals surface area contributed by atoms with Crippen molar-refractivity contribution >= 4 is 5.91 Å². The second-order valence-electron chi connectivity index (χ2n) is 6.63. The predicted octanol–water partition coefficient (Wildman–Crippen LogP) is 4.68. The molecule has 0 bridgehead atoms. The topological polar surface area (TPSA) is 38.3 Å². The highest BCUT2D eigenvalue weighted by atomic mass is 16.5. The van der Waals surface area contributed by atoms with Gasteiger partial charge in [0.25, 0.3) is 5.91 Å². The Kier molecular flexibility index (Phi) is 6.02. The Bertz CT molecular complexity index is 707. The molecule has 0 heterocycles. The molecule has 1 atom stereocenters. The number of hydrogen-bond donors (Lipinski definition) is 1. The molecule has 0 fully saturated rings. The average Bonchev–Trinajstić information content (AvgIpc) is 2.52. The zero-order valence-corrected chi connectivity index (χ0v) is 15.2. The molecule has 1 N–H and O–H groups in total. The maximum Gasteiger partial charge on any atom is 0.258 e. The summed E-state index contributed by atoms with van der Waals surface area (Å²) in [5.41, 5.74) is 4.67. The van der Waals surface area contributed by atoms with Gasteiger partial charge in [-0.05, 0) is 49.4 Å². The first-order valence-electron chi connectivity index (χ1n) is 8.46. The summed E-state index contributed by atoms with van der Waals surface area (Å²) in [7, 11) is 0. The third-order valence-electron chi connectivity index (χ3n) is 4.17. The lowest BCUT2D eigenvalue weighted by Gasteiger charge is -2.18. The first-order chi connectivity index (χ1) is 11.4. The number of carbonyl (C=O) groups excluding carboxylic acids is 1. The Hall–Kier alpha value is -2.29. The van der Waals surface area contributed by atoms with Gasteiger partial charge in [0.1, 0.15) is 5.75 Å². The molecular weight excluding hydrogens is 298 g/mol. The van der Waals surface area contributed by atoms with E-state index in [1.54, 1.807) is 0 Å². The van der Waals surface area contributed by atoms with Crippen LogP contribution in [0.15, 0.2) is 42.5 Å². The van der Waals surface area contributed by atoms with E-state index in [0.29, 0.717) is 5.92 Å². The standard InChI is InChI=1S/C21H27NO2/c1-14(2)18-8-6-7-9-20(18)24-13-21(23)22-17(5)19-11-10-15(3)12-16(19)4/h6-12,14,17H,13H2,1-5H3,(H,22,23)/t17-/m0/s1. The van der Waals surface area contributed by atoms with Crippen LogP contribution in [-0.4, -0.2) is 12.5 Å². The Morgan fingerprint density at radius 2 is 1.75 bits per heavy atom. The van der Waals surface area contributed by atoms with Gasteiger partial charge in [-0.1, -0.05) is 55.8 Å². The van der Waals surface area contributed by atoms with Crippen LogP contribution in [0.5, 0.6) is 5.75 Å². The summed E-state index contributed by atoms with van der Waals surface area (Å²) in [5.74, 6) is 1.03. The zero-order valence-electron chi connectivity index (χ0n) is 15.2. The summed E-state index contributed by atoms with van der Waals surface area (Å²) in [4.78, 5) is 12.2. The molecule has 0 aliphatic carbocycles. The van der Waals surface area contributed by atoms with Crippen molar-refractivity contribution in [3.8, 4) is 5.75 Å². The number of aryl methyl sites for hydroxylation is 2. The quantitative estimate of drug-likeness (QED) is 0.837. The van der Waals surface area contributed by atoms with Crippen molar-refractivity contribution in [3.63, 3.8) is 0 Å². The first kappa shape index (κ1) is 18.1. The highest BCUT2D eigenvalue weighted by molar-refractivity contribution is 5.78. The number of para-hydroxylation sites is 1. The van der Waals surface area contributed by atoms with E-state index in [1.165, 1.54) is 11.1 Å². The lowest BCUT2D eigenvalue weighted by atomic mass is 10.0. The minimum absolute atomic E-state index is 0.0268. The molecule has 0 saturated carbocycles. The Balaban J connectivity index is 1.96. The van der Waals surface area contributed by atoms with Crippen LogP contribution in [0.1, 0.15) is 55.0 Å². The van der Waals surface area contributed by atoms with Gasteiger partial charge in [0, 0.05) is 0 Å². The maximum atomic E-state index is 12.2. The minimum atomic E-state index is -0.110. The fraction of sp³-hybridized carbons (Fsp3) is 0.381. The second-order valence-corrected chi connectivity index (χ2v) is 6.63. The molecule has 2 rings (SSSR count). The van der Waals surface area contributed by atoms with E-state index in [9.17, 15) is 4.79 Å². The third kappa shape index (κ3) is 4.60. The van der Waals surface area contributed by atoms with Crippen molar-refractivity contribution in [1.29, 1.82) is 0 Å². The molecule has 128 valence electrons. The number of rotatable bonds is 6. The van der Waals surface area contributed by atoms with Gasteiger partial charge in [-0.15, -0.1) is 0 Å². The minimum Gasteiger partial charge on any atom is -0.483 e. The van der Waals surface area contributed by atoms with Crippen LogP contribution in [0, 0.1) is 13.8 Å². The van der Waals surface area contributed by atoms with E-state index in [2.05, 4.69) is 51.2 Å². The van der Waals surface area contributed by atoms with Crippen LogP contribution < -0.4 is 10.1 Å². The number of nitrogens with one attached hydrogen (secondary N) is 1. The van der Waals surface area contributed by atoms with Gasteiger partial charge < -0.3 is 10.1 Å². The fourth-order valence-corrected chi connectivity index (χ4v) is 2.90. The Morgan fingerprint density at radius 1 is 1.04 bits per heavy atom. The predicted molar refractivity (Wildman–Crippen MR) is 98.5 cm³/mol. The summed E-state index contributed by atoms with van der Waals surface area (Å²) in [5, 5.41) is 3.01. The van der Waals surface area contributed by atoms with Crippen molar-refractivity contribution in [2.24, 2.45) is 0 Å². The zero-order chi connectivity index (χ0) is 17.7. The van der Waals surface area contributed by atoms with Crippen LogP contribution >= 0.6 is 0 Å². The molecule has 0 unspecified atom stereocenters. The van der Waals surface area contributed by atoms with E-state index < -0.39 is 0 Å². The molecule has 2 aromatic rings. The lowest BCUT2D eigenvalue weighted by molar-refractivity contribution is -0.123. The molecule has 2 aromatic carbocycles. The van der Waals surface area contributed by atoms with E-state index in [-0.39, 0.29) is 18.6 Å². The van der Waals surface area contributed by atoms with Crippen LogP contribution in [0.3, 0.4) is 0 Å². The molecule has 0 aliphatic heterocycles. The van der Waals surface area contributed by atoms with Crippen LogP contribution in [0.4, 0.5) is 0 Å². The SMILES string of the molecule is Cc1ccc([C@H](C)NC(=O)COc2ccccc2C(C)C)c(C)c1. The van der Waals surface area contributed by atoms with Gasteiger partial charge in [0.2, 0.25) is 0 Å². The molecule has 0 spiro atoms. The van der Waals surface area contributed by atoms with Crippen molar-refractivity contribution in [1.82, 2.24) is 5.32 Å². The molecule has 0 saturated heterocycles. The molecule has 0 aliphatic rings. The normalized spacial score (nSPS) is 12.1. The lowest BCUT2D eigenvalue weighted by Crippen LogP contribution is -2.31. The van der Waals surface area contributed by atoms with Crippen molar-refractivity contribution in [2.45, 2.75) is 46.6 Å². The molecule has 0 radical (unpaired) electrons. The summed E-state index contributed by atoms with van der Waals surface area (Å²) in [6.45, 7) is 10.4. The Labute approximate surface area is 145 Å². The van der Waals surface area contributed by atoms with E-state index >= 15 is 0 Å². The van der Waals surface area contributed by atoms with Crippen LogP contribution in [0.2, 0.25) is 0 Å². The van der Waals surface area contributed by atoms with Crippen molar-refractivity contribution in [3.05, 3.63) is 64.7 Å². The van der Waals surface area contributed by atoms with Gasteiger partial charge in [-0.3, -0.25) is 4.79 Å². The number of hydrogen-bond acceptors (Lipinski definition) is 2. The highest BCUT2D eigenvalue weighted by Crippen LogP contribution is 2.25. The monoisotopic (exact) mass is 325 g/mol. The molecule has 3 nitrogen and oxygen atoms in total. The van der Waals surface area contributed by atoms with E-state index in [0.717, 1.165) is 16.9 Å². The van der Waals surface area contributed by atoms with Gasteiger partial charge in [0.15, 0.2) is 6.61 Å². The summed E-state index contributed by atoms with van der Waals surface area (Å²) in [6, 6.07) is 14.1. The van der Waals surface area contributed by atoms with Gasteiger partial charge in [0.05, 0.1) is 6.04 Å². The average molecular weight is 325 g/mol. The number of ether oxygens (including phenoxy) is 1. The maximum absolute atomic E-state index is 12.2. The molecule has 0 aromatic heterocycles. The molecule has 1 amide bonds. The summed E-state index contributed by atoms with van der Waals surface area (Å²) >= 11 is 0. The van der Waals surface area contributed by atoms with Crippen molar-refractivity contribution in [2.75, 3.05) is 6.61 Å². The van der Waals surface area contributed by atoms with E-state index in [4.69, 9.17) is 4.74 Å². The molecular formula is C21H27NO2. The Morgan fingerprint density at radius 3 is 2.42 bits per heavy atom. The van der Waals surface area contributed by atoms with Crippen molar-refractivity contribution < 1.29 is 9.53 Å². The molecule has 24 heavy (non-hydrogen) atoms.